The van der Waals surface area contributed by atoms with Crippen molar-refractivity contribution in [1.82, 2.24) is 4.31 Å². The number of fused-ring (bicyclic) bond motifs is 1. The van der Waals surface area contributed by atoms with Crippen LogP contribution in [0.25, 0.3) is 0 Å². The number of alkyl halides is 3. The van der Waals surface area contributed by atoms with Crippen molar-refractivity contribution in [2.45, 2.75) is 24.0 Å². The maximum Gasteiger partial charge on any atom is 0.402 e. The molecule has 1 aromatic carbocycles. The van der Waals surface area contributed by atoms with E-state index < -0.39 is 28.8 Å². The standard InChI is InChI=1S/C10H9BrF3NO2S/c1-6-8-4-7(11)2-3-9(8)18(16,17)15(6)5-10(12,13)14/h2-4,6H,5H2,1H3/t6-/m0/s1. The fraction of sp³-hybridized carbons (Fsp3) is 0.400. The quantitative estimate of drug-likeness (QED) is 0.785. The van der Waals surface area contributed by atoms with E-state index >= 15 is 0 Å². The zero-order valence-electron chi connectivity index (χ0n) is 9.20. The van der Waals surface area contributed by atoms with E-state index in [4.69, 9.17) is 0 Å². The third kappa shape index (κ3) is 2.28. The summed E-state index contributed by atoms with van der Waals surface area (Å²) in [5.74, 6) is 0. The molecular weight excluding hydrogens is 335 g/mol. The van der Waals surface area contributed by atoms with Crippen LogP contribution in [0.1, 0.15) is 18.5 Å². The summed E-state index contributed by atoms with van der Waals surface area (Å²) in [5.41, 5.74) is 0.383. The summed E-state index contributed by atoms with van der Waals surface area (Å²) in [6.45, 7) is -0.0235. The lowest BCUT2D eigenvalue weighted by Crippen LogP contribution is -2.36. The van der Waals surface area contributed by atoms with Gasteiger partial charge < -0.3 is 0 Å². The molecule has 0 aromatic heterocycles. The highest BCUT2D eigenvalue weighted by atomic mass is 79.9. The van der Waals surface area contributed by atoms with Crippen LogP contribution >= 0.6 is 15.9 Å². The van der Waals surface area contributed by atoms with Crippen LogP contribution in [0.4, 0.5) is 13.2 Å². The number of sulfonamides is 1. The van der Waals surface area contributed by atoms with Gasteiger partial charge in [-0.1, -0.05) is 15.9 Å². The second-order valence-corrected chi connectivity index (χ2v) is 6.80. The molecule has 0 fully saturated rings. The molecule has 0 saturated heterocycles. The molecule has 2 rings (SSSR count). The topological polar surface area (TPSA) is 37.4 Å². The van der Waals surface area contributed by atoms with E-state index in [0.717, 1.165) is 0 Å². The molecule has 1 aliphatic heterocycles. The van der Waals surface area contributed by atoms with Gasteiger partial charge in [0.15, 0.2) is 0 Å². The highest BCUT2D eigenvalue weighted by molar-refractivity contribution is 9.10. The van der Waals surface area contributed by atoms with E-state index in [9.17, 15) is 21.6 Å². The van der Waals surface area contributed by atoms with Gasteiger partial charge in [0.25, 0.3) is 0 Å². The zero-order valence-corrected chi connectivity index (χ0v) is 11.6. The minimum absolute atomic E-state index is 0.0533. The van der Waals surface area contributed by atoms with E-state index in [0.29, 0.717) is 14.3 Å². The Morgan fingerprint density at radius 2 is 2.00 bits per heavy atom. The van der Waals surface area contributed by atoms with Crippen LogP contribution in [-0.2, 0) is 10.0 Å². The summed E-state index contributed by atoms with van der Waals surface area (Å²) in [5, 5.41) is 0. The number of halogens is 4. The van der Waals surface area contributed by atoms with Crippen LogP contribution in [0.5, 0.6) is 0 Å². The number of nitrogens with zero attached hydrogens (tertiary/aromatic N) is 1. The first-order valence-corrected chi connectivity index (χ1v) is 7.24. The third-order valence-electron chi connectivity index (χ3n) is 2.78. The Kier molecular flexibility index (Phi) is 3.23. The molecule has 0 spiro atoms. The molecular formula is C10H9BrF3NO2S. The Hall–Kier alpha value is -0.600. The molecule has 3 nitrogen and oxygen atoms in total. The van der Waals surface area contributed by atoms with Gasteiger partial charge in [0.1, 0.15) is 6.54 Å². The molecule has 0 saturated carbocycles. The molecule has 18 heavy (non-hydrogen) atoms. The first-order valence-electron chi connectivity index (χ1n) is 5.01. The van der Waals surface area contributed by atoms with E-state index in [1.54, 1.807) is 0 Å². The Labute approximate surface area is 111 Å². The minimum Gasteiger partial charge on any atom is -0.207 e. The SMILES string of the molecule is C[C@H]1c2cc(Br)ccc2S(=O)(=O)N1CC(F)(F)F. The van der Waals surface area contributed by atoms with Gasteiger partial charge in [-0.15, -0.1) is 0 Å². The van der Waals surface area contributed by atoms with E-state index in [2.05, 4.69) is 15.9 Å². The van der Waals surface area contributed by atoms with Gasteiger partial charge in [0.2, 0.25) is 10.0 Å². The summed E-state index contributed by atoms with van der Waals surface area (Å²) < 4.78 is 62.3. The van der Waals surface area contributed by atoms with Crippen LogP contribution in [0, 0.1) is 0 Å². The maximum absolute atomic E-state index is 12.4. The lowest BCUT2D eigenvalue weighted by molar-refractivity contribution is -0.138. The van der Waals surface area contributed by atoms with Gasteiger partial charge >= 0.3 is 6.18 Å². The number of rotatable bonds is 1. The molecule has 1 atom stereocenters. The third-order valence-corrected chi connectivity index (χ3v) is 5.26. The average molecular weight is 344 g/mol. The summed E-state index contributed by atoms with van der Waals surface area (Å²) in [6.07, 6.45) is -4.55. The largest absolute Gasteiger partial charge is 0.402 e. The van der Waals surface area contributed by atoms with Gasteiger partial charge in [-0.2, -0.15) is 17.5 Å². The lowest BCUT2D eigenvalue weighted by atomic mass is 10.1. The average Bonchev–Trinajstić information content (AvgIpc) is 2.38. The molecule has 100 valence electrons. The molecule has 8 heteroatoms. The van der Waals surface area contributed by atoms with Crippen LogP contribution in [0.2, 0.25) is 0 Å². The molecule has 1 aliphatic rings. The highest BCUT2D eigenvalue weighted by Gasteiger charge is 2.45. The Balaban J connectivity index is 2.51. The fourth-order valence-electron chi connectivity index (χ4n) is 1.97. The van der Waals surface area contributed by atoms with E-state index in [-0.39, 0.29) is 4.90 Å². The maximum atomic E-state index is 12.4. The molecule has 0 amide bonds. The molecule has 0 unspecified atom stereocenters. The van der Waals surface area contributed by atoms with Crippen molar-refractivity contribution in [2.75, 3.05) is 6.54 Å². The van der Waals surface area contributed by atoms with Crippen LogP contribution in [0.3, 0.4) is 0 Å². The predicted octanol–water partition coefficient (Wildman–Crippen LogP) is 3.08. The second kappa shape index (κ2) is 4.21. The number of hydrogen-bond acceptors (Lipinski definition) is 2. The Morgan fingerprint density at radius 1 is 1.39 bits per heavy atom. The molecule has 0 N–H and O–H groups in total. The molecule has 1 heterocycles. The van der Waals surface area contributed by atoms with Crippen molar-refractivity contribution >= 4 is 26.0 Å². The first kappa shape index (κ1) is 13.8. The second-order valence-electron chi connectivity index (χ2n) is 4.02. The van der Waals surface area contributed by atoms with Gasteiger partial charge in [0, 0.05) is 10.5 Å². The summed E-state index contributed by atoms with van der Waals surface area (Å²) >= 11 is 3.18. The van der Waals surface area contributed by atoms with Gasteiger partial charge in [-0.05, 0) is 30.7 Å². The van der Waals surface area contributed by atoms with Crippen molar-refractivity contribution in [3.05, 3.63) is 28.2 Å². The van der Waals surface area contributed by atoms with Crippen LogP contribution < -0.4 is 0 Å². The molecule has 0 bridgehead atoms. The normalized spacial score (nSPS) is 23.1. The molecule has 0 aliphatic carbocycles. The van der Waals surface area contributed by atoms with E-state index in [1.807, 2.05) is 0 Å². The summed E-state index contributed by atoms with van der Waals surface area (Å²) in [4.78, 5) is -0.0533. The zero-order chi connectivity index (χ0) is 13.7. The van der Waals surface area contributed by atoms with Gasteiger partial charge in [-0.3, -0.25) is 0 Å². The van der Waals surface area contributed by atoms with Crippen molar-refractivity contribution < 1.29 is 21.6 Å². The van der Waals surface area contributed by atoms with Crippen LogP contribution in [0.15, 0.2) is 27.6 Å². The summed E-state index contributed by atoms with van der Waals surface area (Å²) in [6, 6.07) is 3.54. The smallest absolute Gasteiger partial charge is 0.207 e. The van der Waals surface area contributed by atoms with Crippen molar-refractivity contribution in [3.63, 3.8) is 0 Å². The van der Waals surface area contributed by atoms with E-state index in [1.165, 1.54) is 25.1 Å². The van der Waals surface area contributed by atoms with Crippen molar-refractivity contribution in [2.24, 2.45) is 0 Å². The van der Waals surface area contributed by atoms with Crippen LogP contribution in [-0.4, -0.2) is 25.4 Å². The lowest BCUT2D eigenvalue weighted by Gasteiger charge is -2.21. The molecule has 1 aromatic rings. The number of benzene rings is 1. The van der Waals surface area contributed by atoms with Gasteiger partial charge in [-0.25, -0.2) is 8.42 Å². The van der Waals surface area contributed by atoms with Crippen molar-refractivity contribution in [1.29, 1.82) is 0 Å². The highest BCUT2D eigenvalue weighted by Crippen LogP contribution is 2.41. The monoisotopic (exact) mass is 343 g/mol. The minimum atomic E-state index is -4.55. The Morgan fingerprint density at radius 3 is 2.56 bits per heavy atom. The predicted molar refractivity (Wildman–Crippen MR) is 62.5 cm³/mol. The first-order chi connectivity index (χ1) is 8.13. The van der Waals surface area contributed by atoms with Gasteiger partial charge in [0.05, 0.1) is 4.90 Å². The fourth-order valence-corrected chi connectivity index (χ4v) is 4.21. The number of hydrogen-bond donors (Lipinski definition) is 0. The molecule has 0 radical (unpaired) electrons. The van der Waals surface area contributed by atoms with Crippen molar-refractivity contribution in [3.8, 4) is 0 Å². The summed E-state index contributed by atoms with van der Waals surface area (Å²) in [7, 11) is -4.05. The Bertz CT molecular complexity index is 585.